The van der Waals surface area contributed by atoms with Gasteiger partial charge in [0.15, 0.2) is 0 Å². The molecule has 0 fully saturated rings. The van der Waals surface area contributed by atoms with Crippen molar-refractivity contribution >= 4 is 15.9 Å². The summed E-state index contributed by atoms with van der Waals surface area (Å²) in [5.74, 6) is -0.161. The highest BCUT2D eigenvalue weighted by atomic mass is 79.9. The summed E-state index contributed by atoms with van der Waals surface area (Å²) < 4.78 is 16.7. The predicted octanol–water partition coefficient (Wildman–Crippen LogP) is 3.92. The van der Waals surface area contributed by atoms with E-state index in [2.05, 4.69) is 30.8 Å². The summed E-state index contributed by atoms with van der Waals surface area (Å²) in [6.45, 7) is 3.84. The highest BCUT2D eigenvalue weighted by Gasteiger charge is 2.10. The number of imidazole rings is 1. The van der Waals surface area contributed by atoms with Crippen molar-refractivity contribution in [3.63, 3.8) is 0 Å². The van der Waals surface area contributed by atoms with Crippen LogP contribution in [0, 0.1) is 5.82 Å². The lowest BCUT2D eigenvalue weighted by molar-refractivity contribution is 0.502. The number of hydrogen-bond donors (Lipinski definition) is 1. The molecule has 0 aliphatic rings. The highest BCUT2D eigenvalue weighted by Crippen LogP contribution is 2.21. The smallest absolute Gasteiger partial charge is 0.128 e. The Labute approximate surface area is 127 Å². The van der Waals surface area contributed by atoms with Crippen molar-refractivity contribution in [2.45, 2.75) is 32.4 Å². The molecule has 0 bridgehead atoms. The van der Waals surface area contributed by atoms with Gasteiger partial charge in [0.2, 0.25) is 0 Å². The van der Waals surface area contributed by atoms with E-state index in [1.807, 2.05) is 25.5 Å². The first-order valence-electron chi connectivity index (χ1n) is 6.81. The van der Waals surface area contributed by atoms with Crippen LogP contribution in [0.25, 0.3) is 0 Å². The number of nitrogens with one attached hydrogen (secondary N) is 1. The molecule has 0 amide bonds. The molecule has 0 saturated carbocycles. The van der Waals surface area contributed by atoms with Crippen LogP contribution < -0.4 is 5.32 Å². The number of aryl methyl sites for hydroxylation is 1. The molecule has 1 aromatic heterocycles. The molecule has 1 aromatic carbocycles. The second-order valence-corrected chi connectivity index (χ2v) is 5.76. The molecular formula is C15H19BrFN3. The molecule has 1 unspecified atom stereocenters. The zero-order valence-electron chi connectivity index (χ0n) is 11.5. The maximum absolute atomic E-state index is 13.7. The average molecular weight is 340 g/mol. The van der Waals surface area contributed by atoms with Crippen LogP contribution in [-0.4, -0.2) is 16.1 Å². The molecule has 0 radical (unpaired) electrons. The number of benzene rings is 1. The Morgan fingerprint density at radius 2 is 2.25 bits per heavy atom. The Hall–Kier alpha value is -1.20. The van der Waals surface area contributed by atoms with Gasteiger partial charge in [0.25, 0.3) is 0 Å². The second kappa shape index (κ2) is 7.55. The van der Waals surface area contributed by atoms with E-state index in [9.17, 15) is 4.39 Å². The van der Waals surface area contributed by atoms with E-state index in [4.69, 9.17) is 0 Å². The van der Waals surface area contributed by atoms with Gasteiger partial charge in [-0.1, -0.05) is 15.9 Å². The third kappa shape index (κ3) is 4.42. The van der Waals surface area contributed by atoms with Gasteiger partial charge in [-0.3, -0.25) is 0 Å². The quantitative estimate of drug-likeness (QED) is 0.775. The van der Waals surface area contributed by atoms with Crippen molar-refractivity contribution in [1.82, 2.24) is 14.9 Å². The Kier molecular flexibility index (Phi) is 5.73. The van der Waals surface area contributed by atoms with Crippen LogP contribution in [0.3, 0.4) is 0 Å². The van der Waals surface area contributed by atoms with E-state index in [1.165, 1.54) is 6.07 Å². The van der Waals surface area contributed by atoms with Crippen LogP contribution in [0.15, 0.2) is 41.4 Å². The van der Waals surface area contributed by atoms with E-state index in [1.54, 1.807) is 12.3 Å². The minimum Gasteiger partial charge on any atom is -0.337 e. The van der Waals surface area contributed by atoms with E-state index in [-0.39, 0.29) is 11.9 Å². The van der Waals surface area contributed by atoms with Crippen LogP contribution in [0.4, 0.5) is 4.39 Å². The molecule has 0 saturated heterocycles. The van der Waals surface area contributed by atoms with Crippen LogP contribution in [0.1, 0.15) is 31.4 Å². The topological polar surface area (TPSA) is 29.9 Å². The summed E-state index contributed by atoms with van der Waals surface area (Å²) in [6, 6.07) is 5.06. The monoisotopic (exact) mass is 339 g/mol. The number of unbranched alkanes of at least 4 members (excludes halogenated alkanes) is 1. The van der Waals surface area contributed by atoms with Crippen molar-refractivity contribution in [3.8, 4) is 0 Å². The molecular weight excluding hydrogens is 321 g/mol. The molecule has 1 N–H and O–H groups in total. The molecule has 2 rings (SSSR count). The molecule has 1 atom stereocenters. The maximum Gasteiger partial charge on any atom is 0.128 e. The number of hydrogen-bond acceptors (Lipinski definition) is 2. The van der Waals surface area contributed by atoms with Gasteiger partial charge in [-0.15, -0.1) is 0 Å². The molecule has 3 nitrogen and oxygen atoms in total. The fourth-order valence-electron chi connectivity index (χ4n) is 2.11. The van der Waals surface area contributed by atoms with Gasteiger partial charge >= 0.3 is 0 Å². The number of halogens is 2. The molecule has 108 valence electrons. The third-order valence-corrected chi connectivity index (χ3v) is 3.77. The summed E-state index contributed by atoms with van der Waals surface area (Å²) in [6.07, 6.45) is 7.71. The molecule has 2 aromatic rings. The summed E-state index contributed by atoms with van der Waals surface area (Å²) >= 11 is 3.38. The van der Waals surface area contributed by atoms with Crippen LogP contribution in [-0.2, 0) is 6.54 Å². The molecule has 1 heterocycles. The SMILES string of the molecule is CC(NCCCCn1ccnc1)c1cc(Br)ccc1F. The van der Waals surface area contributed by atoms with E-state index in [0.717, 1.165) is 30.4 Å². The third-order valence-electron chi connectivity index (χ3n) is 3.28. The van der Waals surface area contributed by atoms with Gasteiger partial charge in [0.05, 0.1) is 6.33 Å². The minimum atomic E-state index is -0.161. The van der Waals surface area contributed by atoms with Gasteiger partial charge in [-0.25, -0.2) is 9.37 Å². The first kappa shape index (κ1) is 15.2. The van der Waals surface area contributed by atoms with Crippen LogP contribution in [0.5, 0.6) is 0 Å². The number of rotatable bonds is 7. The van der Waals surface area contributed by atoms with Gasteiger partial charge in [0.1, 0.15) is 5.82 Å². The van der Waals surface area contributed by atoms with Gasteiger partial charge < -0.3 is 9.88 Å². The zero-order chi connectivity index (χ0) is 14.4. The lowest BCUT2D eigenvalue weighted by Crippen LogP contribution is -2.21. The largest absolute Gasteiger partial charge is 0.337 e. The van der Waals surface area contributed by atoms with Crippen LogP contribution in [0.2, 0.25) is 0 Å². The van der Waals surface area contributed by atoms with Crippen LogP contribution >= 0.6 is 15.9 Å². The van der Waals surface area contributed by atoms with Crippen molar-refractivity contribution in [1.29, 1.82) is 0 Å². The van der Waals surface area contributed by atoms with Gasteiger partial charge in [-0.2, -0.15) is 0 Å². The minimum absolute atomic E-state index is 0.0146. The fourth-order valence-corrected chi connectivity index (χ4v) is 2.49. The fraction of sp³-hybridized carbons (Fsp3) is 0.400. The summed E-state index contributed by atoms with van der Waals surface area (Å²) in [7, 11) is 0. The van der Waals surface area contributed by atoms with Gasteiger partial charge in [0, 0.05) is 35.0 Å². The molecule has 0 aliphatic heterocycles. The van der Waals surface area contributed by atoms with Crippen molar-refractivity contribution in [2.24, 2.45) is 0 Å². The lowest BCUT2D eigenvalue weighted by atomic mass is 10.1. The Bertz CT molecular complexity index is 528. The second-order valence-electron chi connectivity index (χ2n) is 4.85. The average Bonchev–Trinajstić information content (AvgIpc) is 2.94. The van der Waals surface area contributed by atoms with Crippen molar-refractivity contribution < 1.29 is 4.39 Å². The summed E-state index contributed by atoms with van der Waals surface area (Å²) in [5.41, 5.74) is 0.703. The number of nitrogens with zero attached hydrogens (tertiary/aromatic N) is 2. The van der Waals surface area contributed by atoms with Gasteiger partial charge in [-0.05, 0) is 44.5 Å². The molecule has 0 aliphatic carbocycles. The Morgan fingerprint density at radius 1 is 1.40 bits per heavy atom. The normalized spacial score (nSPS) is 12.6. The first-order valence-corrected chi connectivity index (χ1v) is 7.60. The lowest BCUT2D eigenvalue weighted by Gasteiger charge is -2.15. The molecule has 20 heavy (non-hydrogen) atoms. The standard InChI is InChI=1S/C15H19BrFN3/c1-12(14-10-13(16)4-5-15(14)17)19-6-2-3-8-20-9-7-18-11-20/h4-5,7,9-12,19H,2-3,6,8H2,1H3. The van der Waals surface area contributed by atoms with Crippen molar-refractivity contribution in [3.05, 3.63) is 52.8 Å². The van der Waals surface area contributed by atoms with Crippen molar-refractivity contribution in [2.75, 3.05) is 6.54 Å². The molecule has 0 spiro atoms. The van der Waals surface area contributed by atoms with E-state index in [0.29, 0.717) is 5.56 Å². The Balaban J connectivity index is 1.72. The van der Waals surface area contributed by atoms with E-state index < -0.39 is 0 Å². The first-order chi connectivity index (χ1) is 9.66. The zero-order valence-corrected chi connectivity index (χ0v) is 13.1. The highest BCUT2D eigenvalue weighted by molar-refractivity contribution is 9.10. The summed E-state index contributed by atoms with van der Waals surface area (Å²) in [4.78, 5) is 4.01. The maximum atomic E-state index is 13.7. The van der Waals surface area contributed by atoms with E-state index >= 15 is 0 Å². The predicted molar refractivity (Wildman–Crippen MR) is 82.0 cm³/mol. The summed E-state index contributed by atoms with van der Waals surface area (Å²) in [5, 5.41) is 3.36. The number of aromatic nitrogens is 2. The molecule has 5 heteroatoms. The Morgan fingerprint density at radius 3 is 3.00 bits per heavy atom.